The molecule has 0 radical (unpaired) electrons. The highest BCUT2D eigenvalue weighted by Gasteiger charge is 2.21. The Hall–Kier alpha value is -0.980. The van der Waals surface area contributed by atoms with Gasteiger partial charge in [-0.2, -0.15) is 0 Å². The van der Waals surface area contributed by atoms with Gasteiger partial charge in [0.15, 0.2) is 5.13 Å². The van der Waals surface area contributed by atoms with Crippen molar-refractivity contribution in [1.29, 1.82) is 0 Å². The fraction of sp³-hybridized carbons (Fsp3) is 0.667. The molecule has 0 unspecified atom stereocenters. The third kappa shape index (κ3) is 3.07. The highest BCUT2D eigenvalue weighted by atomic mass is 32.1. The minimum Gasteiger partial charge on any atom is -0.392 e. The molecule has 1 aromatic rings. The summed E-state index contributed by atoms with van der Waals surface area (Å²) < 4.78 is 0. The van der Waals surface area contributed by atoms with Gasteiger partial charge in [0.1, 0.15) is 0 Å². The van der Waals surface area contributed by atoms with Gasteiger partial charge < -0.3 is 5.11 Å². The number of β-amino-alcohol motifs (C(OH)–C–C–N with tert-alkyl or cyclic N) is 1. The van der Waals surface area contributed by atoms with E-state index in [2.05, 4.69) is 9.88 Å². The molecule has 1 atom stereocenters. The lowest BCUT2D eigenvalue weighted by Gasteiger charge is -2.15. The highest BCUT2D eigenvalue weighted by Crippen LogP contribution is 2.22. The number of hydrogen-bond acceptors (Lipinski definition) is 5. The zero-order valence-electron chi connectivity index (χ0n) is 10.8. The summed E-state index contributed by atoms with van der Waals surface area (Å²) in [5.41, 5.74) is 0.976. The third-order valence-electron chi connectivity index (χ3n) is 3.10. The van der Waals surface area contributed by atoms with Crippen LogP contribution in [0.4, 0.5) is 5.13 Å². The normalized spacial score (nSPS) is 20.3. The predicted octanol–water partition coefficient (Wildman–Crippen LogP) is 1.08. The lowest BCUT2D eigenvalue weighted by Crippen LogP contribution is -2.28. The summed E-state index contributed by atoms with van der Waals surface area (Å²) in [5, 5.41) is 12.2. The van der Waals surface area contributed by atoms with Crippen molar-refractivity contribution in [3.8, 4) is 0 Å². The van der Waals surface area contributed by atoms with Crippen LogP contribution in [-0.2, 0) is 11.3 Å². The Kier molecular flexibility index (Phi) is 4.31. The van der Waals surface area contributed by atoms with E-state index >= 15 is 0 Å². The van der Waals surface area contributed by atoms with E-state index in [0.717, 1.165) is 36.9 Å². The summed E-state index contributed by atoms with van der Waals surface area (Å²) in [5.74, 6) is 0.0231. The summed E-state index contributed by atoms with van der Waals surface area (Å²) in [7, 11) is 0. The van der Waals surface area contributed by atoms with Gasteiger partial charge in [0.2, 0.25) is 5.91 Å². The number of hydrogen-bond donors (Lipinski definition) is 1. The second kappa shape index (κ2) is 5.77. The van der Waals surface area contributed by atoms with E-state index in [-0.39, 0.29) is 12.0 Å². The number of thiazole rings is 1. The average molecular weight is 269 g/mol. The topological polar surface area (TPSA) is 56.7 Å². The van der Waals surface area contributed by atoms with Crippen LogP contribution in [-0.4, -0.2) is 46.6 Å². The van der Waals surface area contributed by atoms with Crippen LogP contribution in [0.25, 0.3) is 0 Å². The third-order valence-corrected chi connectivity index (χ3v) is 4.01. The number of anilines is 1. The molecule has 0 aliphatic carbocycles. The summed E-state index contributed by atoms with van der Waals surface area (Å²) in [6.45, 7) is 6.53. The van der Waals surface area contributed by atoms with Gasteiger partial charge in [0.25, 0.3) is 0 Å². The molecule has 1 amide bonds. The number of aromatic nitrogens is 1. The van der Waals surface area contributed by atoms with Crippen LogP contribution in [0.15, 0.2) is 5.38 Å². The maximum Gasteiger partial charge on any atom is 0.225 e. The highest BCUT2D eigenvalue weighted by molar-refractivity contribution is 7.14. The Morgan fingerprint density at radius 2 is 2.50 bits per heavy atom. The first-order valence-electron chi connectivity index (χ1n) is 6.23. The van der Waals surface area contributed by atoms with Crippen molar-refractivity contribution in [3.05, 3.63) is 11.1 Å². The number of amides is 1. The lowest BCUT2D eigenvalue weighted by molar-refractivity contribution is -0.116. The first-order valence-corrected chi connectivity index (χ1v) is 7.11. The summed E-state index contributed by atoms with van der Waals surface area (Å²) in [4.78, 5) is 19.8. The molecule has 0 saturated carbocycles. The van der Waals surface area contributed by atoms with Crippen LogP contribution in [0.2, 0.25) is 0 Å². The Morgan fingerprint density at radius 3 is 3.06 bits per heavy atom. The van der Waals surface area contributed by atoms with Crippen LogP contribution in [0, 0.1) is 0 Å². The second-order valence-electron chi connectivity index (χ2n) is 4.56. The van der Waals surface area contributed by atoms with Gasteiger partial charge in [-0.25, -0.2) is 4.98 Å². The van der Waals surface area contributed by atoms with Crippen molar-refractivity contribution in [1.82, 2.24) is 9.88 Å². The minimum absolute atomic E-state index is 0.0231. The van der Waals surface area contributed by atoms with Crippen molar-refractivity contribution >= 4 is 22.4 Å². The maximum atomic E-state index is 11.4. The molecule has 0 spiro atoms. The standard InChI is InChI=1S/C12H19N3O2S/c1-3-15(9(2)16)12-13-10(8-18-12)6-14-5-4-11(17)7-14/h8,11,17H,3-7H2,1-2H3/t11-/m1/s1. The zero-order valence-corrected chi connectivity index (χ0v) is 11.6. The van der Waals surface area contributed by atoms with Gasteiger partial charge in [0.05, 0.1) is 11.8 Å². The van der Waals surface area contributed by atoms with Gasteiger partial charge in [0, 0.05) is 38.5 Å². The molecule has 1 saturated heterocycles. The number of nitrogens with zero attached hydrogens (tertiary/aromatic N) is 3. The molecule has 1 aromatic heterocycles. The largest absolute Gasteiger partial charge is 0.392 e. The molecule has 2 rings (SSSR count). The molecular formula is C12H19N3O2S. The average Bonchev–Trinajstić information content (AvgIpc) is 2.90. The predicted molar refractivity (Wildman–Crippen MR) is 71.7 cm³/mol. The number of carbonyl (C=O) groups excluding carboxylic acids is 1. The fourth-order valence-electron chi connectivity index (χ4n) is 2.17. The molecule has 2 heterocycles. The van der Waals surface area contributed by atoms with E-state index < -0.39 is 0 Å². The first kappa shape index (κ1) is 13.5. The summed E-state index contributed by atoms with van der Waals surface area (Å²) in [6.07, 6.45) is 0.637. The number of aliphatic hydroxyl groups is 1. The van der Waals surface area contributed by atoms with Crippen molar-refractivity contribution in [2.45, 2.75) is 32.9 Å². The number of aliphatic hydroxyl groups excluding tert-OH is 1. The molecule has 0 bridgehead atoms. The van der Waals surface area contributed by atoms with Gasteiger partial charge in [-0.1, -0.05) is 0 Å². The van der Waals surface area contributed by atoms with Crippen LogP contribution in [0.5, 0.6) is 0 Å². The lowest BCUT2D eigenvalue weighted by atomic mass is 10.3. The van der Waals surface area contributed by atoms with Crippen LogP contribution < -0.4 is 4.90 Å². The minimum atomic E-state index is -0.201. The molecule has 1 N–H and O–H groups in total. The van der Waals surface area contributed by atoms with Gasteiger partial charge in [-0.05, 0) is 13.3 Å². The molecule has 1 fully saturated rings. The van der Waals surface area contributed by atoms with Crippen molar-refractivity contribution in [2.24, 2.45) is 0 Å². The smallest absolute Gasteiger partial charge is 0.225 e. The molecule has 1 aliphatic rings. The Balaban J connectivity index is 1.99. The quantitative estimate of drug-likeness (QED) is 0.889. The Bertz CT molecular complexity index is 421. The number of rotatable bonds is 4. The molecule has 5 nitrogen and oxygen atoms in total. The van der Waals surface area contributed by atoms with Crippen LogP contribution >= 0.6 is 11.3 Å². The second-order valence-corrected chi connectivity index (χ2v) is 5.40. The first-order chi connectivity index (χ1) is 8.60. The van der Waals surface area contributed by atoms with E-state index in [1.54, 1.807) is 11.8 Å². The zero-order chi connectivity index (χ0) is 13.1. The van der Waals surface area contributed by atoms with Crippen molar-refractivity contribution in [3.63, 3.8) is 0 Å². The van der Waals surface area contributed by atoms with E-state index in [4.69, 9.17) is 0 Å². The van der Waals surface area contributed by atoms with Gasteiger partial charge in [-0.15, -0.1) is 11.3 Å². The number of carbonyl (C=O) groups is 1. The molecule has 100 valence electrons. The molecule has 1 aliphatic heterocycles. The van der Waals surface area contributed by atoms with Gasteiger partial charge in [-0.3, -0.25) is 14.6 Å². The van der Waals surface area contributed by atoms with E-state index in [1.807, 2.05) is 12.3 Å². The molecular weight excluding hydrogens is 250 g/mol. The SMILES string of the molecule is CCN(C(C)=O)c1nc(CN2CC[C@@H](O)C2)cs1. The molecule has 6 heteroatoms. The van der Waals surface area contributed by atoms with Gasteiger partial charge >= 0.3 is 0 Å². The van der Waals surface area contributed by atoms with Crippen molar-refractivity contribution < 1.29 is 9.90 Å². The monoisotopic (exact) mass is 269 g/mol. The summed E-state index contributed by atoms with van der Waals surface area (Å²) >= 11 is 1.50. The fourth-order valence-corrected chi connectivity index (χ4v) is 3.09. The Labute approximate surface area is 111 Å². The van der Waals surface area contributed by atoms with E-state index in [1.165, 1.54) is 11.3 Å². The summed E-state index contributed by atoms with van der Waals surface area (Å²) in [6, 6.07) is 0. The van der Waals surface area contributed by atoms with E-state index in [9.17, 15) is 9.90 Å². The molecule has 18 heavy (non-hydrogen) atoms. The number of likely N-dealkylation sites (tertiary alicyclic amines) is 1. The van der Waals surface area contributed by atoms with Crippen LogP contribution in [0.3, 0.4) is 0 Å². The van der Waals surface area contributed by atoms with E-state index in [0.29, 0.717) is 6.54 Å². The van der Waals surface area contributed by atoms with Crippen LogP contribution in [0.1, 0.15) is 26.0 Å². The van der Waals surface area contributed by atoms with Crippen molar-refractivity contribution in [2.75, 3.05) is 24.5 Å². The molecule has 0 aromatic carbocycles. The Morgan fingerprint density at radius 1 is 1.72 bits per heavy atom. The maximum absolute atomic E-state index is 11.4.